The van der Waals surface area contributed by atoms with Gasteiger partial charge in [0.1, 0.15) is 24.3 Å². The maximum Gasteiger partial charge on any atom is 0.417 e. The lowest BCUT2D eigenvalue weighted by atomic mass is 9.77. The molecule has 1 aromatic rings. The molecule has 0 saturated heterocycles. The van der Waals surface area contributed by atoms with Gasteiger partial charge in [-0.05, 0) is 64.0 Å². The van der Waals surface area contributed by atoms with Gasteiger partial charge < -0.3 is 31.4 Å². The van der Waals surface area contributed by atoms with E-state index >= 15 is 0 Å². The first-order valence-corrected chi connectivity index (χ1v) is 13.2. The fourth-order valence-electron chi connectivity index (χ4n) is 3.92. The third-order valence-electron chi connectivity index (χ3n) is 6.02. The van der Waals surface area contributed by atoms with Crippen molar-refractivity contribution in [2.75, 3.05) is 6.54 Å². The van der Waals surface area contributed by atoms with E-state index in [1.165, 1.54) is 0 Å². The lowest BCUT2D eigenvalue weighted by molar-refractivity contribution is -0.147. The third-order valence-corrected chi connectivity index (χ3v) is 6.02. The van der Waals surface area contributed by atoms with Crippen LogP contribution in [0.25, 0.3) is 0 Å². The first-order chi connectivity index (χ1) is 18.5. The molecule has 1 unspecified atom stereocenters. The number of imide groups is 1. The van der Waals surface area contributed by atoms with Crippen LogP contribution in [-0.4, -0.2) is 64.2 Å². The topological polar surface area (TPSA) is 191 Å². The molecule has 0 aliphatic heterocycles. The molecule has 6 N–H and O–H groups in total. The van der Waals surface area contributed by atoms with Crippen LogP contribution in [0.1, 0.15) is 72.8 Å². The smallest absolute Gasteiger partial charge is 0.417 e. The summed E-state index contributed by atoms with van der Waals surface area (Å²) in [7, 11) is 0. The Morgan fingerprint density at radius 2 is 1.60 bits per heavy atom. The highest BCUT2D eigenvalue weighted by atomic mass is 16.6. The lowest BCUT2D eigenvalue weighted by Crippen LogP contribution is -2.59. The molecular formula is C28H44N4O8. The average molecular weight is 565 g/mol. The van der Waals surface area contributed by atoms with Gasteiger partial charge in [-0.25, -0.2) is 14.5 Å². The molecule has 12 heteroatoms. The van der Waals surface area contributed by atoms with Crippen LogP contribution >= 0.6 is 0 Å². The molecule has 0 radical (unpaired) electrons. The first kappa shape index (κ1) is 34.4. The highest BCUT2D eigenvalue weighted by Gasteiger charge is 2.43. The largest absolute Gasteiger partial charge is 0.481 e. The summed E-state index contributed by atoms with van der Waals surface area (Å²) in [5, 5.41) is 12.3. The van der Waals surface area contributed by atoms with Gasteiger partial charge in [-0.1, -0.05) is 51.1 Å². The van der Waals surface area contributed by atoms with Crippen molar-refractivity contribution >= 4 is 30.0 Å². The highest BCUT2D eigenvalue weighted by molar-refractivity contribution is 6.01. The minimum Gasteiger partial charge on any atom is -0.481 e. The predicted octanol–water partition coefficient (Wildman–Crippen LogP) is 3.17. The van der Waals surface area contributed by atoms with E-state index < -0.39 is 65.4 Å². The fraction of sp³-hybridized carbons (Fsp3) is 0.607. The molecule has 0 bridgehead atoms. The van der Waals surface area contributed by atoms with Gasteiger partial charge in [0.2, 0.25) is 5.91 Å². The van der Waals surface area contributed by atoms with Gasteiger partial charge >= 0.3 is 18.2 Å². The van der Waals surface area contributed by atoms with Crippen LogP contribution in [0.15, 0.2) is 30.3 Å². The summed E-state index contributed by atoms with van der Waals surface area (Å²) in [5.41, 5.74) is 9.99. The summed E-state index contributed by atoms with van der Waals surface area (Å²) >= 11 is 0. The van der Waals surface area contributed by atoms with Crippen LogP contribution in [0.5, 0.6) is 0 Å². The zero-order valence-corrected chi connectivity index (χ0v) is 24.3. The molecule has 0 spiro atoms. The van der Waals surface area contributed by atoms with Crippen molar-refractivity contribution in [2.24, 2.45) is 22.8 Å². The Morgan fingerprint density at radius 1 is 1.00 bits per heavy atom. The van der Waals surface area contributed by atoms with Gasteiger partial charge in [-0.2, -0.15) is 0 Å². The van der Waals surface area contributed by atoms with Crippen molar-refractivity contribution in [3.8, 4) is 0 Å². The number of carboxylic acid groups (broad SMARTS) is 1. The van der Waals surface area contributed by atoms with E-state index in [4.69, 9.17) is 20.9 Å². The molecule has 4 amide bonds. The van der Waals surface area contributed by atoms with Gasteiger partial charge in [0.05, 0.1) is 5.92 Å². The Hall–Kier alpha value is -3.67. The van der Waals surface area contributed by atoms with Crippen molar-refractivity contribution in [3.63, 3.8) is 0 Å². The Labute approximate surface area is 235 Å². The molecule has 0 heterocycles. The van der Waals surface area contributed by atoms with E-state index in [0.29, 0.717) is 29.8 Å². The standard InChI is InChI=1S/C28H44N4O8/c1-27(2,3)19(24(35)36)16-20(31-25(37)39-17-18-12-8-7-9-13-18)23(34)32(26(38)40-28(4,5)6)21(22(30)33)14-10-11-15-29/h7-9,12-13,19-21H,10-11,14-17,29H2,1-6H3,(H2,30,33)(H,31,37)(H,35,36)/t19?,20-,21-/m0/s1. The van der Waals surface area contributed by atoms with Gasteiger partial charge in [0, 0.05) is 0 Å². The number of amides is 4. The molecule has 40 heavy (non-hydrogen) atoms. The summed E-state index contributed by atoms with van der Waals surface area (Å²) in [6.07, 6.45) is -1.69. The maximum atomic E-state index is 14.0. The molecule has 0 aromatic heterocycles. The number of carbonyl (C=O) groups excluding carboxylic acids is 4. The number of primary amides is 1. The van der Waals surface area contributed by atoms with Crippen molar-refractivity contribution < 1.29 is 38.6 Å². The van der Waals surface area contributed by atoms with Crippen molar-refractivity contribution in [1.82, 2.24) is 10.2 Å². The van der Waals surface area contributed by atoms with Crippen molar-refractivity contribution in [1.29, 1.82) is 0 Å². The van der Waals surface area contributed by atoms with E-state index in [1.54, 1.807) is 71.9 Å². The number of ether oxygens (including phenoxy) is 2. The van der Waals surface area contributed by atoms with Crippen LogP contribution in [0.3, 0.4) is 0 Å². The number of alkyl carbamates (subject to hydrolysis) is 1. The molecule has 0 saturated carbocycles. The maximum absolute atomic E-state index is 14.0. The van der Waals surface area contributed by atoms with Gasteiger partial charge in [-0.15, -0.1) is 0 Å². The van der Waals surface area contributed by atoms with Gasteiger partial charge in [0.25, 0.3) is 5.91 Å². The second-order valence-corrected chi connectivity index (χ2v) is 11.6. The SMILES string of the molecule is CC(C)(C)OC(=O)N(C(=O)[C@H](CC(C(=O)O)C(C)(C)C)NC(=O)OCc1ccccc1)[C@@H](CCCCN)C(N)=O. The number of unbranched alkanes of at least 4 members (excludes halogenated alkanes) is 1. The number of hydrogen-bond donors (Lipinski definition) is 4. The summed E-state index contributed by atoms with van der Waals surface area (Å²) in [4.78, 5) is 65.3. The minimum atomic E-state index is -1.56. The van der Waals surface area contributed by atoms with E-state index in [9.17, 15) is 29.1 Å². The van der Waals surface area contributed by atoms with E-state index in [0.717, 1.165) is 0 Å². The summed E-state index contributed by atoms with van der Waals surface area (Å²) in [6, 6.07) is 5.81. The number of nitrogens with two attached hydrogens (primary N) is 2. The minimum absolute atomic E-state index is 0.00429. The van der Waals surface area contributed by atoms with Crippen molar-refractivity contribution in [3.05, 3.63) is 35.9 Å². The number of nitrogens with zero attached hydrogens (tertiary/aromatic N) is 1. The highest BCUT2D eigenvalue weighted by Crippen LogP contribution is 2.31. The molecule has 224 valence electrons. The molecular weight excluding hydrogens is 520 g/mol. The number of rotatable bonds is 13. The number of carbonyl (C=O) groups is 5. The van der Waals surface area contributed by atoms with Crippen molar-refractivity contribution in [2.45, 2.75) is 91.5 Å². The van der Waals surface area contributed by atoms with Crippen LogP contribution in [-0.2, 0) is 30.5 Å². The number of carboxylic acids is 1. The number of hydrogen-bond acceptors (Lipinski definition) is 8. The Kier molecular flexibility index (Phi) is 13.1. The third kappa shape index (κ3) is 11.6. The van der Waals surface area contributed by atoms with E-state index in [1.807, 2.05) is 0 Å². The van der Waals surface area contributed by atoms with E-state index in [2.05, 4.69) is 5.32 Å². The van der Waals surface area contributed by atoms with E-state index in [-0.39, 0.29) is 13.0 Å². The quantitative estimate of drug-likeness (QED) is 0.261. The second-order valence-electron chi connectivity index (χ2n) is 11.6. The summed E-state index contributed by atoms with van der Waals surface area (Å²) < 4.78 is 10.7. The molecule has 0 aliphatic rings. The summed E-state index contributed by atoms with van der Waals surface area (Å²) in [6.45, 7) is 9.96. The second kappa shape index (κ2) is 15.2. The Bertz CT molecular complexity index is 1020. The Balaban J connectivity index is 3.46. The molecule has 1 rings (SSSR count). The number of benzene rings is 1. The Morgan fingerprint density at radius 3 is 2.08 bits per heavy atom. The molecule has 1 aromatic carbocycles. The normalized spacial score (nSPS) is 13.9. The summed E-state index contributed by atoms with van der Waals surface area (Å²) in [5.74, 6) is -4.34. The molecule has 0 fully saturated rings. The zero-order chi connectivity index (χ0) is 30.7. The van der Waals surface area contributed by atoms with Gasteiger partial charge in [-0.3, -0.25) is 14.4 Å². The molecule has 0 aliphatic carbocycles. The van der Waals surface area contributed by atoms with Crippen LogP contribution in [0.4, 0.5) is 9.59 Å². The fourth-order valence-corrected chi connectivity index (χ4v) is 3.92. The zero-order valence-electron chi connectivity index (χ0n) is 24.3. The van der Waals surface area contributed by atoms with Crippen LogP contribution in [0.2, 0.25) is 0 Å². The average Bonchev–Trinajstić information content (AvgIpc) is 2.82. The predicted molar refractivity (Wildman–Crippen MR) is 148 cm³/mol. The molecule has 3 atom stereocenters. The first-order valence-electron chi connectivity index (χ1n) is 13.2. The van der Waals surface area contributed by atoms with Gasteiger partial charge in [0.15, 0.2) is 0 Å². The number of nitrogens with one attached hydrogen (secondary N) is 1. The molecule has 12 nitrogen and oxygen atoms in total. The number of aliphatic carboxylic acids is 1. The monoisotopic (exact) mass is 564 g/mol. The van der Waals surface area contributed by atoms with Crippen LogP contribution in [0, 0.1) is 11.3 Å². The van der Waals surface area contributed by atoms with Crippen LogP contribution < -0.4 is 16.8 Å². The lowest BCUT2D eigenvalue weighted by Gasteiger charge is -2.35.